The Morgan fingerprint density at radius 2 is 2.10 bits per heavy atom. The molecule has 0 saturated heterocycles. The highest BCUT2D eigenvalue weighted by Gasteiger charge is 2.42. The molecule has 0 unspecified atom stereocenters. The highest BCUT2D eigenvalue weighted by Crippen LogP contribution is 2.32. The standard InChI is InChI=1S/C13H19N3O3S/c1-8-3-5-13(6-4-8,10(17)18)16-11(19)15-12-14-7-9(2)20-12/h7-8H,3-6H2,1-2H3,(H,17,18)(H2,14,15,16,19). The van der Waals surface area contributed by atoms with Gasteiger partial charge in [0.05, 0.1) is 0 Å². The summed E-state index contributed by atoms with van der Waals surface area (Å²) in [6, 6.07) is -0.503. The van der Waals surface area contributed by atoms with E-state index in [1.807, 2.05) is 6.92 Å². The molecule has 1 fully saturated rings. The lowest BCUT2D eigenvalue weighted by Gasteiger charge is -2.36. The molecule has 0 aliphatic heterocycles. The molecule has 3 N–H and O–H groups in total. The van der Waals surface area contributed by atoms with Crippen molar-refractivity contribution in [2.24, 2.45) is 5.92 Å². The first kappa shape index (κ1) is 14.8. The molecule has 1 aliphatic rings. The van der Waals surface area contributed by atoms with Crippen molar-refractivity contribution in [2.45, 2.75) is 45.1 Å². The van der Waals surface area contributed by atoms with Gasteiger partial charge in [-0.25, -0.2) is 14.6 Å². The van der Waals surface area contributed by atoms with Crippen LogP contribution in [-0.2, 0) is 4.79 Å². The number of nitrogens with zero attached hydrogens (tertiary/aromatic N) is 1. The van der Waals surface area contributed by atoms with Crippen LogP contribution in [0.4, 0.5) is 9.93 Å². The second-order valence-corrected chi connectivity index (χ2v) is 6.66. The molecule has 0 bridgehead atoms. The lowest BCUT2D eigenvalue weighted by molar-refractivity contribution is -0.146. The lowest BCUT2D eigenvalue weighted by atomic mass is 9.77. The molecule has 1 saturated carbocycles. The Bertz CT molecular complexity index is 507. The van der Waals surface area contributed by atoms with Gasteiger partial charge < -0.3 is 10.4 Å². The maximum atomic E-state index is 12.0. The summed E-state index contributed by atoms with van der Waals surface area (Å²) in [5.74, 6) is -0.455. The maximum Gasteiger partial charge on any atom is 0.329 e. The molecule has 0 radical (unpaired) electrons. The first-order valence-corrected chi connectivity index (χ1v) is 7.48. The molecule has 1 aromatic heterocycles. The molecule has 0 aromatic carbocycles. The minimum atomic E-state index is -1.15. The van der Waals surface area contributed by atoms with Crippen molar-refractivity contribution in [1.29, 1.82) is 0 Å². The van der Waals surface area contributed by atoms with Crippen LogP contribution < -0.4 is 10.6 Å². The normalized spacial score (nSPS) is 26.0. The van der Waals surface area contributed by atoms with E-state index >= 15 is 0 Å². The predicted octanol–water partition coefficient (Wildman–Crippen LogP) is 2.61. The van der Waals surface area contributed by atoms with Gasteiger partial charge in [0.15, 0.2) is 5.13 Å². The molecule has 1 heterocycles. The van der Waals surface area contributed by atoms with Crippen LogP contribution in [0, 0.1) is 12.8 Å². The molecule has 1 aromatic rings. The largest absolute Gasteiger partial charge is 0.480 e. The number of thiazole rings is 1. The summed E-state index contributed by atoms with van der Waals surface area (Å²) >= 11 is 1.36. The van der Waals surface area contributed by atoms with Gasteiger partial charge >= 0.3 is 12.0 Å². The van der Waals surface area contributed by atoms with Crippen LogP contribution in [0.1, 0.15) is 37.5 Å². The number of carboxylic acids is 1. The van der Waals surface area contributed by atoms with E-state index in [0.29, 0.717) is 23.9 Å². The smallest absolute Gasteiger partial charge is 0.329 e. The number of carbonyl (C=O) groups is 2. The van der Waals surface area contributed by atoms with E-state index in [4.69, 9.17) is 0 Å². The molecule has 1 aliphatic carbocycles. The Morgan fingerprint density at radius 3 is 2.60 bits per heavy atom. The molecule has 20 heavy (non-hydrogen) atoms. The van der Waals surface area contributed by atoms with E-state index in [1.165, 1.54) is 11.3 Å². The van der Waals surface area contributed by atoms with Gasteiger partial charge in [0.25, 0.3) is 0 Å². The predicted molar refractivity (Wildman–Crippen MR) is 77.0 cm³/mol. The highest BCUT2D eigenvalue weighted by atomic mass is 32.1. The number of carboxylic acid groups (broad SMARTS) is 1. The van der Waals surface area contributed by atoms with Crippen LogP contribution in [-0.4, -0.2) is 27.6 Å². The first-order valence-electron chi connectivity index (χ1n) is 6.66. The number of aryl methyl sites for hydroxylation is 1. The summed E-state index contributed by atoms with van der Waals surface area (Å²) in [4.78, 5) is 28.5. The summed E-state index contributed by atoms with van der Waals surface area (Å²) in [6.07, 6.45) is 4.21. The van der Waals surface area contributed by atoms with Gasteiger partial charge in [-0.15, -0.1) is 11.3 Å². The van der Waals surface area contributed by atoms with Crippen molar-refractivity contribution in [3.63, 3.8) is 0 Å². The summed E-state index contributed by atoms with van der Waals surface area (Å²) < 4.78 is 0. The van der Waals surface area contributed by atoms with Gasteiger partial charge in [0.2, 0.25) is 0 Å². The van der Waals surface area contributed by atoms with Crippen molar-refractivity contribution >= 4 is 28.5 Å². The van der Waals surface area contributed by atoms with E-state index < -0.39 is 17.5 Å². The number of anilines is 1. The number of aromatic nitrogens is 1. The maximum absolute atomic E-state index is 12.0. The molecule has 6 nitrogen and oxygen atoms in total. The number of aliphatic carboxylic acids is 1. The van der Waals surface area contributed by atoms with Crippen molar-refractivity contribution in [3.8, 4) is 0 Å². The lowest BCUT2D eigenvalue weighted by Crippen LogP contribution is -2.57. The number of rotatable bonds is 3. The number of carbonyl (C=O) groups excluding carboxylic acids is 1. The number of urea groups is 1. The van der Waals surface area contributed by atoms with Crippen molar-refractivity contribution in [3.05, 3.63) is 11.1 Å². The number of hydrogen-bond acceptors (Lipinski definition) is 4. The molecule has 110 valence electrons. The second-order valence-electron chi connectivity index (χ2n) is 5.42. The Morgan fingerprint density at radius 1 is 1.45 bits per heavy atom. The van der Waals surface area contributed by atoms with Crippen LogP contribution in [0.25, 0.3) is 0 Å². The van der Waals surface area contributed by atoms with Crippen molar-refractivity contribution in [2.75, 3.05) is 5.32 Å². The van der Waals surface area contributed by atoms with E-state index in [-0.39, 0.29) is 0 Å². The zero-order valence-electron chi connectivity index (χ0n) is 11.6. The Labute approximate surface area is 121 Å². The molecular formula is C13H19N3O3S. The van der Waals surface area contributed by atoms with Crippen molar-refractivity contribution in [1.82, 2.24) is 10.3 Å². The van der Waals surface area contributed by atoms with Gasteiger partial charge in [-0.05, 0) is 38.5 Å². The van der Waals surface area contributed by atoms with Gasteiger partial charge in [-0.3, -0.25) is 5.32 Å². The second kappa shape index (κ2) is 5.78. The minimum absolute atomic E-state index is 0.466. The number of nitrogens with one attached hydrogen (secondary N) is 2. The molecule has 2 rings (SSSR count). The summed E-state index contributed by atoms with van der Waals surface area (Å²) in [7, 11) is 0. The molecular weight excluding hydrogens is 278 g/mol. The summed E-state index contributed by atoms with van der Waals surface area (Å²) in [6.45, 7) is 3.99. The minimum Gasteiger partial charge on any atom is -0.480 e. The number of amides is 2. The fourth-order valence-corrected chi connectivity index (χ4v) is 3.07. The van der Waals surface area contributed by atoms with Crippen LogP contribution in [0.5, 0.6) is 0 Å². The van der Waals surface area contributed by atoms with Crippen LogP contribution in [0.15, 0.2) is 6.20 Å². The first-order chi connectivity index (χ1) is 9.41. The average Bonchev–Trinajstić information content (AvgIpc) is 2.77. The topological polar surface area (TPSA) is 91.3 Å². The quantitative estimate of drug-likeness (QED) is 0.799. The summed E-state index contributed by atoms with van der Waals surface area (Å²) in [5, 5.41) is 15.1. The molecule has 0 atom stereocenters. The van der Waals surface area contributed by atoms with Gasteiger partial charge in [0.1, 0.15) is 5.54 Å². The fraction of sp³-hybridized carbons (Fsp3) is 0.615. The molecule has 7 heteroatoms. The third kappa shape index (κ3) is 3.27. The SMILES string of the molecule is Cc1cnc(NC(=O)NC2(C(=O)O)CCC(C)CC2)s1. The van der Waals surface area contributed by atoms with Gasteiger partial charge in [-0.2, -0.15) is 0 Å². The number of hydrogen-bond donors (Lipinski definition) is 3. The van der Waals surface area contributed by atoms with Gasteiger partial charge in [-0.1, -0.05) is 6.92 Å². The highest BCUT2D eigenvalue weighted by molar-refractivity contribution is 7.15. The van der Waals surface area contributed by atoms with Crippen LogP contribution >= 0.6 is 11.3 Å². The monoisotopic (exact) mass is 297 g/mol. The zero-order valence-corrected chi connectivity index (χ0v) is 12.4. The van der Waals surface area contributed by atoms with Gasteiger partial charge in [0, 0.05) is 11.1 Å². The van der Waals surface area contributed by atoms with E-state index in [1.54, 1.807) is 6.20 Å². The fourth-order valence-electron chi connectivity index (χ4n) is 2.41. The summed E-state index contributed by atoms with van der Waals surface area (Å²) in [5.41, 5.74) is -1.15. The Balaban J connectivity index is 2.01. The van der Waals surface area contributed by atoms with Crippen molar-refractivity contribution < 1.29 is 14.7 Å². The third-order valence-electron chi connectivity index (χ3n) is 3.73. The zero-order chi connectivity index (χ0) is 14.8. The van der Waals surface area contributed by atoms with E-state index in [9.17, 15) is 14.7 Å². The molecule has 2 amide bonds. The van der Waals surface area contributed by atoms with E-state index in [2.05, 4.69) is 22.5 Å². The Kier molecular flexibility index (Phi) is 4.27. The third-order valence-corrected chi connectivity index (χ3v) is 4.56. The Hall–Kier alpha value is -1.63. The molecule has 0 spiro atoms. The average molecular weight is 297 g/mol. The van der Waals surface area contributed by atoms with Crippen LogP contribution in [0.2, 0.25) is 0 Å². The van der Waals surface area contributed by atoms with E-state index in [0.717, 1.165) is 17.7 Å². The van der Waals surface area contributed by atoms with Crippen LogP contribution in [0.3, 0.4) is 0 Å².